The molecule has 0 saturated carbocycles. The predicted octanol–water partition coefficient (Wildman–Crippen LogP) is -0.841. The molecule has 94 valence electrons. The zero-order valence-electron chi connectivity index (χ0n) is 9.47. The van der Waals surface area contributed by atoms with Crippen LogP contribution < -0.4 is 16.4 Å². The summed E-state index contributed by atoms with van der Waals surface area (Å²) in [4.78, 5) is 12.9. The first-order valence-electron chi connectivity index (χ1n) is 5.26. The Morgan fingerprint density at radius 3 is 2.29 bits per heavy atom. The third-order valence-electron chi connectivity index (χ3n) is 2.37. The van der Waals surface area contributed by atoms with E-state index in [0.717, 1.165) is 0 Å². The van der Waals surface area contributed by atoms with Gasteiger partial charge in [0.05, 0.1) is 24.5 Å². The number of aliphatic hydroxyl groups excluding tert-OH is 2. The van der Waals surface area contributed by atoms with Crippen LogP contribution in [-0.2, 0) is 0 Å². The van der Waals surface area contributed by atoms with Crippen LogP contribution in [0.5, 0.6) is 0 Å². The molecule has 0 aliphatic rings. The lowest BCUT2D eigenvalue weighted by molar-refractivity contribution is 0.100. The molecule has 1 rings (SSSR count). The molecule has 1 aromatic rings. The summed E-state index contributed by atoms with van der Waals surface area (Å²) in [5.74, 6) is -0.569. The van der Waals surface area contributed by atoms with E-state index in [9.17, 15) is 4.79 Å². The molecule has 1 aromatic carbocycles. The van der Waals surface area contributed by atoms with Gasteiger partial charge in [0.25, 0.3) is 5.91 Å². The summed E-state index contributed by atoms with van der Waals surface area (Å²) in [6, 6.07) is 4.72. The summed E-state index contributed by atoms with van der Waals surface area (Å²) in [6.45, 7) is 0.411. The first-order valence-corrected chi connectivity index (χ1v) is 5.26. The van der Waals surface area contributed by atoms with Crippen LogP contribution in [0.2, 0.25) is 0 Å². The molecule has 6 heteroatoms. The number of carbonyl (C=O) groups excluding carboxylic acids is 1. The molecule has 0 unspecified atom stereocenters. The van der Waals surface area contributed by atoms with Crippen molar-refractivity contribution in [3.8, 4) is 0 Å². The largest absolute Gasteiger partial charge is 0.399 e. The maximum atomic E-state index is 11.3. The van der Waals surface area contributed by atoms with Crippen molar-refractivity contribution in [3.63, 3.8) is 0 Å². The Bertz CT molecular complexity index is 390. The van der Waals surface area contributed by atoms with Gasteiger partial charge in [-0.05, 0) is 18.2 Å². The normalized spacial score (nSPS) is 10.2. The fourth-order valence-corrected chi connectivity index (χ4v) is 1.61. The SMILES string of the molecule is NC(=O)c1ccc(N)cc1N(CCO)CCO. The lowest BCUT2D eigenvalue weighted by atomic mass is 10.1. The van der Waals surface area contributed by atoms with Gasteiger partial charge in [0.15, 0.2) is 0 Å². The quantitative estimate of drug-likeness (QED) is 0.483. The van der Waals surface area contributed by atoms with E-state index in [-0.39, 0.29) is 13.2 Å². The average molecular weight is 239 g/mol. The minimum atomic E-state index is -0.569. The number of nitrogens with zero attached hydrogens (tertiary/aromatic N) is 1. The minimum Gasteiger partial charge on any atom is -0.399 e. The molecule has 0 aromatic heterocycles. The Morgan fingerprint density at radius 2 is 1.82 bits per heavy atom. The zero-order valence-corrected chi connectivity index (χ0v) is 9.47. The standard InChI is InChI=1S/C11H17N3O3/c12-8-1-2-9(11(13)17)10(7-8)14(3-5-15)4-6-16/h1-2,7,15-16H,3-6,12H2,(H2,13,17). The van der Waals surface area contributed by atoms with Crippen LogP contribution in [0.4, 0.5) is 11.4 Å². The van der Waals surface area contributed by atoms with Crippen molar-refractivity contribution >= 4 is 17.3 Å². The molecule has 0 aliphatic carbocycles. The van der Waals surface area contributed by atoms with Gasteiger partial charge in [-0.3, -0.25) is 4.79 Å². The van der Waals surface area contributed by atoms with Gasteiger partial charge >= 0.3 is 0 Å². The van der Waals surface area contributed by atoms with Gasteiger partial charge in [-0.2, -0.15) is 0 Å². The van der Waals surface area contributed by atoms with Crippen molar-refractivity contribution in [1.29, 1.82) is 0 Å². The highest BCUT2D eigenvalue weighted by Gasteiger charge is 2.14. The second kappa shape index (κ2) is 6.07. The first-order chi connectivity index (χ1) is 8.10. The van der Waals surface area contributed by atoms with E-state index >= 15 is 0 Å². The molecule has 0 fully saturated rings. The number of primary amides is 1. The Morgan fingerprint density at radius 1 is 1.24 bits per heavy atom. The number of benzene rings is 1. The highest BCUT2D eigenvalue weighted by Crippen LogP contribution is 2.23. The monoisotopic (exact) mass is 239 g/mol. The van der Waals surface area contributed by atoms with Gasteiger partial charge in [0.2, 0.25) is 0 Å². The third kappa shape index (κ3) is 3.33. The van der Waals surface area contributed by atoms with E-state index in [1.54, 1.807) is 17.0 Å². The number of rotatable bonds is 6. The summed E-state index contributed by atoms with van der Waals surface area (Å²) in [7, 11) is 0. The molecule has 0 heterocycles. The number of nitrogen functional groups attached to an aromatic ring is 1. The second-order valence-electron chi connectivity index (χ2n) is 3.58. The van der Waals surface area contributed by atoms with Crippen molar-refractivity contribution in [3.05, 3.63) is 23.8 Å². The van der Waals surface area contributed by atoms with Gasteiger partial charge in [-0.25, -0.2) is 0 Å². The highest BCUT2D eigenvalue weighted by molar-refractivity contribution is 5.99. The highest BCUT2D eigenvalue weighted by atomic mass is 16.3. The van der Waals surface area contributed by atoms with Crippen molar-refractivity contribution < 1.29 is 15.0 Å². The number of amides is 1. The topological polar surface area (TPSA) is 113 Å². The molecule has 0 radical (unpaired) electrons. The second-order valence-corrected chi connectivity index (χ2v) is 3.58. The van der Waals surface area contributed by atoms with Crippen LogP contribution in [-0.4, -0.2) is 42.4 Å². The van der Waals surface area contributed by atoms with E-state index in [0.29, 0.717) is 30.0 Å². The number of nitrogens with two attached hydrogens (primary N) is 2. The molecule has 1 amide bonds. The summed E-state index contributed by atoms with van der Waals surface area (Å²) < 4.78 is 0. The van der Waals surface area contributed by atoms with E-state index in [4.69, 9.17) is 21.7 Å². The van der Waals surface area contributed by atoms with E-state index < -0.39 is 5.91 Å². The Balaban J connectivity index is 3.14. The summed E-state index contributed by atoms with van der Waals surface area (Å²) >= 11 is 0. The molecule has 0 spiro atoms. The minimum absolute atomic E-state index is 0.0903. The molecule has 6 N–H and O–H groups in total. The van der Waals surface area contributed by atoms with Crippen LogP contribution in [0.25, 0.3) is 0 Å². The molecule has 0 atom stereocenters. The van der Waals surface area contributed by atoms with E-state index in [2.05, 4.69) is 0 Å². The predicted molar refractivity (Wildman–Crippen MR) is 65.8 cm³/mol. The van der Waals surface area contributed by atoms with Crippen LogP contribution in [0.1, 0.15) is 10.4 Å². The summed E-state index contributed by atoms with van der Waals surface area (Å²) in [5, 5.41) is 17.9. The molecular formula is C11H17N3O3. The maximum absolute atomic E-state index is 11.3. The van der Waals surface area contributed by atoms with Crippen molar-refractivity contribution in [2.45, 2.75) is 0 Å². The smallest absolute Gasteiger partial charge is 0.250 e. The third-order valence-corrected chi connectivity index (χ3v) is 2.37. The van der Waals surface area contributed by atoms with Crippen LogP contribution in [0.3, 0.4) is 0 Å². The van der Waals surface area contributed by atoms with E-state index in [1.807, 2.05) is 0 Å². The Labute approximate surface area is 99.4 Å². The summed E-state index contributed by atoms with van der Waals surface area (Å²) in [5.41, 5.74) is 12.3. The van der Waals surface area contributed by atoms with Crippen LogP contribution in [0.15, 0.2) is 18.2 Å². The Kier molecular flexibility index (Phi) is 4.74. The zero-order chi connectivity index (χ0) is 12.8. The molecule has 17 heavy (non-hydrogen) atoms. The van der Waals surface area contributed by atoms with Crippen LogP contribution >= 0.6 is 0 Å². The molecule has 0 bridgehead atoms. The number of anilines is 2. The van der Waals surface area contributed by atoms with Gasteiger partial charge in [-0.1, -0.05) is 0 Å². The summed E-state index contributed by atoms with van der Waals surface area (Å²) in [6.07, 6.45) is 0. The van der Waals surface area contributed by atoms with Crippen molar-refractivity contribution in [1.82, 2.24) is 0 Å². The van der Waals surface area contributed by atoms with E-state index in [1.165, 1.54) is 6.07 Å². The molecule has 0 saturated heterocycles. The molecule has 6 nitrogen and oxygen atoms in total. The number of carbonyl (C=O) groups is 1. The van der Waals surface area contributed by atoms with Crippen LogP contribution in [0, 0.1) is 0 Å². The molecule has 0 aliphatic heterocycles. The Hall–Kier alpha value is -1.79. The maximum Gasteiger partial charge on any atom is 0.250 e. The lowest BCUT2D eigenvalue weighted by Gasteiger charge is -2.25. The fraction of sp³-hybridized carbons (Fsp3) is 0.364. The van der Waals surface area contributed by atoms with Gasteiger partial charge in [0.1, 0.15) is 0 Å². The average Bonchev–Trinajstić information content (AvgIpc) is 2.28. The molecular weight excluding hydrogens is 222 g/mol. The van der Waals surface area contributed by atoms with Gasteiger partial charge < -0.3 is 26.6 Å². The lowest BCUT2D eigenvalue weighted by Crippen LogP contribution is -2.32. The first kappa shape index (κ1) is 13.3. The fourth-order valence-electron chi connectivity index (χ4n) is 1.61. The number of hydrogen-bond acceptors (Lipinski definition) is 5. The number of hydrogen-bond donors (Lipinski definition) is 4. The number of aliphatic hydroxyl groups is 2. The van der Waals surface area contributed by atoms with Crippen molar-refractivity contribution in [2.24, 2.45) is 5.73 Å². The van der Waals surface area contributed by atoms with Gasteiger partial charge in [-0.15, -0.1) is 0 Å². The van der Waals surface area contributed by atoms with Gasteiger partial charge in [0, 0.05) is 18.8 Å². The van der Waals surface area contributed by atoms with Crippen molar-refractivity contribution in [2.75, 3.05) is 36.9 Å².